The van der Waals surface area contributed by atoms with Gasteiger partial charge in [0, 0.05) is 24.7 Å². The predicted octanol–water partition coefficient (Wildman–Crippen LogP) is 2.43. The molecule has 94 valence electrons. The zero-order valence-corrected chi connectivity index (χ0v) is 11.1. The van der Waals surface area contributed by atoms with Crippen LogP contribution in [-0.2, 0) is 7.05 Å². The van der Waals surface area contributed by atoms with Crippen molar-refractivity contribution in [1.29, 1.82) is 0 Å². The van der Waals surface area contributed by atoms with Gasteiger partial charge in [0.15, 0.2) is 0 Å². The average molecular weight is 242 g/mol. The Kier molecular flexibility index (Phi) is 3.24. The molecule has 0 fully saturated rings. The molecule has 0 bridgehead atoms. The number of aryl methyl sites for hydroxylation is 2. The van der Waals surface area contributed by atoms with Gasteiger partial charge >= 0.3 is 0 Å². The molecule has 2 aromatic rings. The van der Waals surface area contributed by atoms with E-state index in [0.717, 1.165) is 23.0 Å². The minimum Gasteiger partial charge on any atom is -0.385 e. The molecule has 0 amide bonds. The van der Waals surface area contributed by atoms with Crippen molar-refractivity contribution in [2.24, 2.45) is 7.05 Å². The summed E-state index contributed by atoms with van der Waals surface area (Å²) in [6, 6.07) is 7.93. The van der Waals surface area contributed by atoms with Crippen molar-refractivity contribution in [3.63, 3.8) is 0 Å². The molecule has 1 N–H and O–H groups in total. The van der Waals surface area contributed by atoms with E-state index >= 15 is 0 Å². The van der Waals surface area contributed by atoms with Crippen molar-refractivity contribution >= 4 is 16.6 Å². The number of benzene rings is 1. The first-order valence-electron chi connectivity index (χ1n) is 6.09. The molecule has 1 aromatic carbocycles. The van der Waals surface area contributed by atoms with E-state index in [0.29, 0.717) is 11.3 Å². The summed E-state index contributed by atoms with van der Waals surface area (Å²) >= 11 is 0. The molecular formula is C15H18N2O. The number of hydrogen-bond donors (Lipinski definition) is 1. The van der Waals surface area contributed by atoms with Crippen LogP contribution in [0.15, 0.2) is 35.6 Å². The van der Waals surface area contributed by atoms with Gasteiger partial charge in [0.25, 0.3) is 5.56 Å². The number of para-hydroxylation sites is 1. The third-order valence-corrected chi connectivity index (χ3v) is 3.25. The fourth-order valence-corrected chi connectivity index (χ4v) is 2.31. The van der Waals surface area contributed by atoms with Crippen LogP contribution in [0.25, 0.3) is 16.6 Å². The van der Waals surface area contributed by atoms with Gasteiger partial charge in [-0.25, -0.2) is 0 Å². The van der Waals surface area contributed by atoms with Gasteiger partial charge in [0.1, 0.15) is 0 Å². The smallest absolute Gasteiger partial charge is 0.260 e. The minimum absolute atomic E-state index is 0.00264. The Hall–Kier alpha value is -2.03. The van der Waals surface area contributed by atoms with Crippen molar-refractivity contribution in [2.45, 2.75) is 13.8 Å². The molecule has 2 rings (SSSR count). The summed E-state index contributed by atoms with van der Waals surface area (Å²) in [6.07, 6.45) is 0. The van der Waals surface area contributed by atoms with Gasteiger partial charge in [0.2, 0.25) is 0 Å². The first-order chi connectivity index (χ1) is 8.57. The quantitative estimate of drug-likeness (QED) is 0.897. The van der Waals surface area contributed by atoms with Gasteiger partial charge in [-0.3, -0.25) is 4.79 Å². The maximum absolute atomic E-state index is 12.4. The third-order valence-electron chi connectivity index (χ3n) is 3.25. The van der Waals surface area contributed by atoms with Crippen LogP contribution in [0.2, 0.25) is 0 Å². The highest BCUT2D eigenvalue weighted by Gasteiger charge is 2.13. The van der Waals surface area contributed by atoms with Crippen LogP contribution in [0.1, 0.15) is 18.1 Å². The maximum atomic E-state index is 12.4. The van der Waals surface area contributed by atoms with Gasteiger partial charge in [-0.15, -0.1) is 0 Å². The lowest BCUT2D eigenvalue weighted by atomic mass is 10.0. The first kappa shape index (κ1) is 12.4. The molecule has 0 spiro atoms. The second kappa shape index (κ2) is 4.69. The van der Waals surface area contributed by atoms with E-state index in [4.69, 9.17) is 0 Å². The fourth-order valence-electron chi connectivity index (χ4n) is 2.31. The highest BCUT2D eigenvalue weighted by Crippen LogP contribution is 2.21. The Morgan fingerprint density at radius 3 is 2.72 bits per heavy atom. The Morgan fingerprint density at radius 2 is 2.06 bits per heavy atom. The van der Waals surface area contributed by atoms with Crippen LogP contribution < -0.4 is 10.9 Å². The van der Waals surface area contributed by atoms with Gasteiger partial charge in [-0.05, 0) is 25.5 Å². The van der Waals surface area contributed by atoms with E-state index in [1.807, 2.05) is 38.1 Å². The van der Waals surface area contributed by atoms with Crippen LogP contribution in [0.3, 0.4) is 0 Å². The van der Waals surface area contributed by atoms with E-state index in [1.165, 1.54) is 0 Å². The molecule has 0 radical (unpaired) electrons. The summed E-state index contributed by atoms with van der Waals surface area (Å²) in [5.41, 5.74) is 3.31. The minimum atomic E-state index is -0.00264. The Morgan fingerprint density at radius 1 is 1.39 bits per heavy atom. The first-order valence-corrected chi connectivity index (χ1v) is 6.09. The van der Waals surface area contributed by atoms with Gasteiger partial charge < -0.3 is 9.88 Å². The van der Waals surface area contributed by atoms with Gasteiger partial charge in [0.05, 0.1) is 11.1 Å². The lowest BCUT2D eigenvalue weighted by Gasteiger charge is -2.15. The number of pyridine rings is 1. The summed E-state index contributed by atoms with van der Waals surface area (Å²) < 4.78 is 1.68. The Balaban J connectivity index is 2.83. The van der Waals surface area contributed by atoms with Crippen LogP contribution in [-0.4, -0.2) is 11.1 Å². The molecule has 0 saturated carbocycles. The van der Waals surface area contributed by atoms with E-state index in [-0.39, 0.29) is 5.56 Å². The molecular weight excluding hydrogens is 224 g/mol. The second-order valence-corrected chi connectivity index (χ2v) is 4.39. The lowest BCUT2D eigenvalue weighted by molar-refractivity contribution is 0.880. The molecule has 1 aromatic heterocycles. The summed E-state index contributed by atoms with van der Waals surface area (Å²) in [6.45, 7) is 8.68. The molecule has 0 aliphatic carbocycles. The summed E-state index contributed by atoms with van der Waals surface area (Å²) in [5, 5.41) is 4.22. The fraction of sp³-hybridized carbons (Fsp3) is 0.267. The highest BCUT2D eigenvalue weighted by molar-refractivity contribution is 5.86. The van der Waals surface area contributed by atoms with Crippen LogP contribution in [0, 0.1) is 6.92 Å². The lowest BCUT2D eigenvalue weighted by Crippen LogP contribution is -2.26. The normalized spacial score (nSPS) is 10.6. The zero-order valence-electron chi connectivity index (χ0n) is 11.1. The third kappa shape index (κ3) is 1.82. The molecule has 3 nitrogen and oxygen atoms in total. The average Bonchev–Trinajstić information content (AvgIpc) is 2.37. The Bertz CT molecular complexity index is 668. The van der Waals surface area contributed by atoms with Crippen molar-refractivity contribution in [1.82, 2.24) is 9.88 Å². The van der Waals surface area contributed by atoms with Gasteiger partial charge in [-0.1, -0.05) is 24.8 Å². The molecule has 18 heavy (non-hydrogen) atoms. The van der Waals surface area contributed by atoms with Gasteiger partial charge in [-0.2, -0.15) is 0 Å². The Labute approximate surface area is 107 Å². The predicted molar refractivity (Wildman–Crippen MR) is 76.6 cm³/mol. The topological polar surface area (TPSA) is 34.0 Å². The van der Waals surface area contributed by atoms with Crippen molar-refractivity contribution in [2.75, 3.05) is 6.54 Å². The largest absolute Gasteiger partial charge is 0.385 e. The van der Waals surface area contributed by atoms with Crippen molar-refractivity contribution in [3.8, 4) is 0 Å². The van der Waals surface area contributed by atoms with Crippen LogP contribution >= 0.6 is 0 Å². The van der Waals surface area contributed by atoms with Crippen LogP contribution in [0.5, 0.6) is 0 Å². The number of fused-ring (bicyclic) bond motifs is 1. The second-order valence-electron chi connectivity index (χ2n) is 4.39. The number of hydrogen-bond acceptors (Lipinski definition) is 2. The molecule has 0 aliphatic rings. The molecule has 1 heterocycles. The van der Waals surface area contributed by atoms with E-state index in [9.17, 15) is 4.79 Å². The molecule has 3 heteroatoms. The van der Waals surface area contributed by atoms with Crippen molar-refractivity contribution < 1.29 is 0 Å². The number of rotatable bonds is 3. The molecule has 0 unspecified atom stereocenters. The number of aromatic nitrogens is 1. The standard InChI is InChI=1S/C15H18N2O/c1-5-16-11(3)14-10(2)12-8-6-7-9-13(12)17(4)15(14)18/h6-9,16H,3,5H2,1-2,4H3. The summed E-state index contributed by atoms with van der Waals surface area (Å²) in [7, 11) is 1.80. The molecule has 0 atom stereocenters. The zero-order chi connectivity index (χ0) is 13.3. The monoisotopic (exact) mass is 242 g/mol. The highest BCUT2D eigenvalue weighted by atomic mass is 16.1. The van der Waals surface area contributed by atoms with E-state index in [1.54, 1.807) is 11.6 Å². The van der Waals surface area contributed by atoms with E-state index < -0.39 is 0 Å². The van der Waals surface area contributed by atoms with Crippen LogP contribution in [0.4, 0.5) is 0 Å². The number of nitrogens with zero attached hydrogens (tertiary/aromatic N) is 1. The summed E-state index contributed by atoms with van der Waals surface area (Å²) in [5.74, 6) is 0. The SMILES string of the molecule is C=C(NCC)c1c(C)c2ccccc2n(C)c1=O. The van der Waals surface area contributed by atoms with E-state index in [2.05, 4.69) is 11.9 Å². The maximum Gasteiger partial charge on any atom is 0.260 e. The number of nitrogens with one attached hydrogen (secondary N) is 1. The molecule has 0 aliphatic heterocycles. The molecule has 0 saturated heterocycles. The van der Waals surface area contributed by atoms with Crippen molar-refractivity contribution in [3.05, 3.63) is 52.3 Å². The summed E-state index contributed by atoms with van der Waals surface area (Å²) in [4.78, 5) is 12.4.